The van der Waals surface area contributed by atoms with Crippen LogP contribution in [-0.4, -0.2) is 6.04 Å². The fraction of sp³-hybridized carbons (Fsp3) is 0.571. The molecule has 0 heterocycles. The lowest BCUT2D eigenvalue weighted by Crippen LogP contribution is -2.35. The Labute approximate surface area is 102 Å². The Hall–Kier alpha value is -0.960. The molecule has 3 heteroatoms. The summed E-state index contributed by atoms with van der Waals surface area (Å²) in [5.74, 6) is -0.524. The number of nitrogens with one attached hydrogen (secondary N) is 1. The summed E-state index contributed by atoms with van der Waals surface area (Å²) in [6, 6.07) is 3.94. The molecule has 17 heavy (non-hydrogen) atoms. The summed E-state index contributed by atoms with van der Waals surface area (Å²) < 4.78 is 27.2. The Morgan fingerprint density at radius 2 is 1.65 bits per heavy atom. The summed E-state index contributed by atoms with van der Waals surface area (Å²) in [7, 11) is 0. The Morgan fingerprint density at radius 1 is 1.12 bits per heavy atom. The Morgan fingerprint density at radius 3 is 2.06 bits per heavy atom. The first kappa shape index (κ1) is 14.1. The van der Waals surface area contributed by atoms with Crippen LogP contribution in [0.1, 0.15) is 45.7 Å². The van der Waals surface area contributed by atoms with E-state index >= 15 is 0 Å². The molecule has 0 aliphatic rings. The molecule has 1 nitrogen and oxygen atoms in total. The summed E-state index contributed by atoms with van der Waals surface area (Å²) in [6.45, 7) is 8.08. The van der Waals surface area contributed by atoms with Gasteiger partial charge in [0.05, 0.1) is 0 Å². The van der Waals surface area contributed by atoms with Crippen molar-refractivity contribution in [1.82, 2.24) is 5.32 Å². The van der Waals surface area contributed by atoms with Gasteiger partial charge >= 0.3 is 0 Å². The molecule has 96 valence electrons. The largest absolute Gasteiger partial charge is 0.307 e. The topological polar surface area (TPSA) is 12.0 Å². The molecule has 0 aromatic heterocycles. The van der Waals surface area contributed by atoms with Crippen LogP contribution in [0.5, 0.6) is 0 Å². The van der Waals surface area contributed by atoms with Gasteiger partial charge in [0.25, 0.3) is 0 Å². The van der Waals surface area contributed by atoms with Crippen molar-refractivity contribution in [3.63, 3.8) is 0 Å². The van der Waals surface area contributed by atoms with Crippen LogP contribution >= 0.6 is 0 Å². The number of rotatable bonds is 5. The molecule has 0 fully saturated rings. The third-order valence-electron chi connectivity index (χ3n) is 3.14. The van der Waals surface area contributed by atoms with Crippen LogP contribution in [0.4, 0.5) is 8.78 Å². The molecule has 1 rings (SSSR count). The van der Waals surface area contributed by atoms with Crippen LogP contribution in [0.25, 0.3) is 0 Å². The minimum absolute atomic E-state index is 0.131. The molecule has 0 spiro atoms. The van der Waals surface area contributed by atoms with Gasteiger partial charge in [-0.25, -0.2) is 8.78 Å². The Bertz CT molecular complexity index is 343. The molecule has 1 aromatic rings. The van der Waals surface area contributed by atoms with Gasteiger partial charge < -0.3 is 5.32 Å². The minimum atomic E-state index is -0.483. The Kier molecular flexibility index (Phi) is 5.06. The number of benzene rings is 1. The minimum Gasteiger partial charge on any atom is -0.307 e. The predicted octanol–water partition coefficient (Wildman–Crippen LogP) is 4.05. The average Bonchev–Trinajstić information content (AvgIpc) is 2.25. The van der Waals surface area contributed by atoms with E-state index in [4.69, 9.17) is 0 Å². The van der Waals surface area contributed by atoms with E-state index in [-0.39, 0.29) is 17.6 Å². The smallest absolute Gasteiger partial charge is 0.130 e. The molecule has 2 atom stereocenters. The van der Waals surface area contributed by atoms with Crippen molar-refractivity contribution in [2.75, 3.05) is 0 Å². The first-order valence-electron chi connectivity index (χ1n) is 6.17. The van der Waals surface area contributed by atoms with Crippen LogP contribution in [0.15, 0.2) is 18.2 Å². The third kappa shape index (κ3) is 3.50. The zero-order valence-electron chi connectivity index (χ0n) is 10.9. The first-order valence-corrected chi connectivity index (χ1v) is 6.17. The van der Waals surface area contributed by atoms with E-state index in [0.717, 1.165) is 6.42 Å². The predicted molar refractivity (Wildman–Crippen MR) is 66.8 cm³/mol. The van der Waals surface area contributed by atoms with E-state index in [1.54, 1.807) is 6.92 Å². The van der Waals surface area contributed by atoms with E-state index in [0.29, 0.717) is 5.92 Å². The summed E-state index contributed by atoms with van der Waals surface area (Å²) >= 11 is 0. The molecule has 0 bridgehead atoms. The van der Waals surface area contributed by atoms with Crippen molar-refractivity contribution in [3.05, 3.63) is 35.4 Å². The first-order chi connectivity index (χ1) is 7.97. The normalized spacial score (nSPS) is 15.0. The molecule has 0 saturated heterocycles. The summed E-state index contributed by atoms with van der Waals surface area (Å²) in [5.41, 5.74) is 0.131. The van der Waals surface area contributed by atoms with Gasteiger partial charge in [0.1, 0.15) is 11.6 Å². The average molecular weight is 241 g/mol. The third-order valence-corrected chi connectivity index (χ3v) is 3.14. The molecule has 0 aliphatic heterocycles. The molecule has 0 radical (unpaired) electrons. The van der Waals surface area contributed by atoms with Crippen LogP contribution in [0, 0.1) is 17.6 Å². The van der Waals surface area contributed by atoms with Crippen molar-refractivity contribution in [2.24, 2.45) is 5.92 Å². The maximum Gasteiger partial charge on any atom is 0.130 e. The van der Waals surface area contributed by atoms with Crippen molar-refractivity contribution in [1.29, 1.82) is 0 Å². The molecule has 0 amide bonds. The van der Waals surface area contributed by atoms with Crippen molar-refractivity contribution >= 4 is 0 Å². The van der Waals surface area contributed by atoms with Gasteiger partial charge in [-0.2, -0.15) is 0 Å². The number of hydrogen-bond donors (Lipinski definition) is 1. The van der Waals surface area contributed by atoms with Crippen LogP contribution < -0.4 is 5.32 Å². The summed E-state index contributed by atoms with van der Waals surface area (Å²) in [4.78, 5) is 0. The fourth-order valence-corrected chi connectivity index (χ4v) is 2.11. The van der Waals surface area contributed by atoms with Crippen LogP contribution in [-0.2, 0) is 0 Å². The van der Waals surface area contributed by atoms with Gasteiger partial charge in [-0.3, -0.25) is 0 Å². The monoisotopic (exact) mass is 241 g/mol. The second kappa shape index (κ2) is 6.10. The standard InChI is InChI=1S/C14H21F2N/c1-5-13(9(2)3)17-10(4)14-11(15)7-6-8-12(14)16/h6-10,13,17H,5H2,1-4H3. The molecule has 2 unspecified atom stereocenters. The highest BCUT2D eigenvalue weighted by Gasteiger charge is 2.19. The molecule has 1 N–H and O–H groups in total. The molecular weight excluding hydrogens is 220 g/mol. The molecule has 0 aliphatic carbocycles. The van der Waals surface area contributed by atoms with Gasteiger partial charge in [0, 0.05) is 17.6 Å². The highest BCUT2D eigenvalue weighted by atomic mass is 19.1. The van der Waals surface area contributed by atoms with Gasteiger partial charge in [-0.05, 0) is 31.4 Å². The fourth-order valence-electron chi connectivity index (χ4n) is 2.11. The van der Waals surface area contributed by atoms with Crippen molar-refractivity contribution in [3.8, 4) is 0 Å². The maximum absolute atomic E-state index is 13.6. The second-order valence-corrected chi connectivity index (χ2v) is 4.78. The Balaban J connectivity index is 2.86. The van der Waals surface area contributed by atoms with Crippen LogP contribution in [0.2, 0.25) is 0 Å². The van der Waals surface area contributed by atoms with E-state index in [1.807, 2.05) is 0 Å². The van der Waals surface area contributed by atoms with Crippen molar-refractivity contribution in [2.45, 2.75) is 46.2 Å². The number of hydrogen-bond acceptors (Lipinski definition) is 1. The van der Waals surface area contributed by atoms with E-state index < -0.39 is 11.6 Å². The second-order valence-electron chi connectivity index (χ2n) is 4.78. The van der Waals surface area contributed by atoms with Gasteiger partial charge in [0.15, 0.2) is 0 Å². The summed E-state index contributed by atoms with van der Waals surface area (Å²) in [6.07, 6.45) is 0.943. The van der Waals surface area contributed by atoms with E-state index in [2.05, 4.69) is 26.1 Å². The van der Waals surface area contributed by atoms with Crippen molar-refractivity contribution < 1.29 is 8.78 Å². The quantitative estimate of drug-likeness (QED) is 0.820. The molecular formula is C14H21F2N. The maximum atomic E-state index is 13.6. The van der Waals surface area contributed by atoms with Gasteiger partial charge in [-0.1, -0.05) is 26.8 Å². The zero-order chi connectivity index (χ0) is 13.0. The SMILES string of the molecule is CCC(NC(C)c1c(F)cccc1F)C(C)C. The van der Waals surface area contributed by atoms with Crippen LogP contribution in [0.3, 0.4) is 0 Å². The highest BCUT2D eigenvalue weighted by Crippen LogP contribution is 2.22. The lowest BCUT2D eigenvalue weighted by atomic mass is 9.98. The number of halogens is 2. The molecule has 1 aromatic carbocycles. The highest BCUT2D eigenvalue weighted by molar-refractivity contribution is 5.22. The summed E-state index contributed by atoms with van der Waals surface area (Å²) in [5, 5.41) is 3.28. The van der Waals surface area contributed by atoms with Gasteiger partial charge in [0.2, 0.25) is 0 Å². The van der Waals surface area contributed by atoms with E-state index in [9.17, 15) is 8.78 Å². The zero-order valence-corrected chi connectivity index (χ0v) is 10.9. The molecule has 0 saturated carbocycles. The lowest BCUT2D eigenvalue weighted by molar-refractivity contribution is 0.345. The van der Waals surface area contributed by atoms with E-state index in [1.165, 1.54) is 18.2 Å². The lowest BCUT2D eigenvalue weighted by Gasteiger charge is -2.26. The van der Waals surface area contributed by atoms with Gasteiger partial charge in [-0.15, -0.1) is 0 Å².